The average molecular weight is 284 g/mol. The molecule has 0 saturated heterocycles. The first-order valence-corrected chi connectivity index (χ1v) is 6.76. The summed E-state index contributed by atoms with van der Waals surface area (Å²) < 4.78 is 1.08. The van der Waals surface area contributed by atoms with Gasteiger partial charge in [-0.3, -0.25) is 4.79 Å². The molecule has 1 aromatic carbocycles. The normalized spacial score (nSPS) is 10.6. The summed E-state index contributed by atoms with van der Waals surface area (Å²) in [5.41, 5.74) is 0.883. The molecule has 96 valence electrons. The van der Waals surface area contributed by atoms with Crippen LogP contribution < -0.4 is 5.32 Å². The molecule has 2 aromatic rings. The van der Waals surface area contributed by atoms with E-state index in [0.717, 1.165) is 15.3 Å². The van der Waals surface area contributed by atoms with E-state index in [9.17, 15) is 4.79 Å². The van der Waals surface area contributed by atoms with Crippen LogP contribution in [0.15, 0.2) is 18.2 Å². The van der Waals surface area contributed by atoms with E-state index in [1.54, 1.807) is 30.3 Å². The maximum absolute atomic E-state index is 11.4. The van der Waals surface area contributed by atoms with Gasteiger partial charge in [-0.1, -0.05) is 22.9 Å². The lowest BCUT2D eigenvalue weighted by atomic mass is 10.3. The fourth-order valence-electron chi connectivity index (χ4n) is 1.48. The van der Waals surface area contributed by atoms with Crippen LogP contribution in [0.5, 0.6) is 0 Å². The summed E-state index contributed by atoms with van der Waals surface area (Å²) >= 11 is 7.46. The zero-order valence-corrected chi connectivity index (χ0v) is 11.8. The highest BCUT2D eigenvalue weighted by atomic mass is 35.5. The van der Waals surface area contributed by atoms with E-state index >= 15 is 0 Å². The van der Waals surface area contributed by atoms with Gasteiger partial charge in [-0.2, -0.15) is 0 Å². The highest BCUT2D eigenvalue weighted by molar-refractivity contribution is 7.22. The smallest absolute Gasteiger partial charge is 0.223 e. The molecule has 0 radical (unpaired) electrons. The molecule has 1 amide bonds. The fourth-order valence-corrected chi connectivity index (χ4v) is 2.51. The Kier molecular flexibility index (Phi) is 4.04. The Morgan fingerprint density at radius 3 is 3.00 bits per heavy atom. The molecular formula is C12H14ClN3OS. The van der Waals surface area contributed by atoms with Crippen LogP contribution in [0.25, 0.3) is 10.2 Å². The zero-order valence-electron chi connectivity index (χ0n) is 10.2. The standard InChI is InChI=1S/C12H14ClN3OS/c1-16(2)11(17)5-6-14-12-15-9-7-8(13)3-4-10(9)18-12/h3-4,7H,5-6H2,1-2H3,(H,14,15). The number of nitrogens with zero attached hydrogens (tertiary/aromatic N) is 2. The van der Waals surface area contributed by atoms with Crippen molar-refractivity contribution in [3.05, 3.63) is 23.2 Å². The van der Waals surface area contributed by atoms with Crippen molar-refractivity contribution < 1.29 is 4.79 Å². The lowest BCUT2D eigenvalue weighted by Gasteiger charge is -2.09. The Hall–Kier alpha value is -1.33. The number of nitrogens with one attached hydrogen (secondary N) is 1. The Bertz CT molecular complexity index is 567. The van der Waals surface area contributed by atoms with Crippen molar-refractivity contribution in [2.45, 2.75) is 6.42 Å². The summed E-state index contributed by atoms with van der Waals surface area (Å²) in [5, 5.41) is 4.66. The monoisotopic (exact) mass is 283 g/mol. The van der Waals surface area contributed by atoms with Gasteiger partial charge >= 0.3 is 0 Å². The molecule has 0 saturated carbocycles. The van der Waals surface area contributed by atoms with Crippen LogP contribution in [0.2, 0.25) is 5.02 Å². The molecule has 1 heterocycles. The minimum atomic E-state index is 0.103. The summed E-state index contributed by atoms with van der Waals surface area (Å²) in [6.45, 7) is 0.588. The summed E-state index contributed by atoms with van der Waals surface area (Å²) in [6, 6.07) is 5.64. The predicted octanol–water partition coefficient (Wildman–Crippen LogP) is 2.84. The van der Waals surface area contributed by atoms with Gasteiger partial charge < -0.3 is 10.2 Å². The van der Waals surface area contributed by atoms with Crippen LogP contribution in [-0.2, 0) is 4.79 Å². The lowest BCUT2D eigenvalue weighted by molar-refractivity contribution is -0.128. The molecule has 0 bridgehead atoms. The van der Waals surface area contributed by atoms with Gasteiger partial charge in [-0.15, -0.1) is 0 Å². The van der Waals surface area contributed by atoms with Crippen molar-refractivity contribution in [2.75, 3.05) is 26.0 Å². The molecule has 1 N–H and O–H groups in total. The average Bonchev–Trinajstić information content (AvgIpc) is 2.70. The van der Waals surface area contributed by atoms with E-state index in [1.807, 2.05) is 18.2 Å². The van der Waals surface area contributed by atoms with Crippen LogP contribution in [0.3, 0.4) is 0 Å². The van der Waals surface area contributed by atoms with Crippen molar-refractivity contribution >= 4 is 44.2 Å². The SMILES string of the molecule is CN(C)C(=O)CCNc1nc2cc(Cl)ccc2s1. The van der Waals surface area contributed by atoms with Crippen molar-refractivity contribution in [3.63, 3.8) is 0 Å². The molecule has 2 rings (SSSR count). The number of halogens is 1. The first-order chi connectivity index (χ1) is 8.56. The van der Waals surface area contributed by atoms with Gasteiger partial charge in [0.05, 0.1) is 10.2 Å². The van der Waals surface area contributed by atoms with Crippen molar-refractivity contribution in [1.29, 1.82) is 0 Å². The number of benzene rings is 1. The molecule has 0 unspecified atom stereocenters. The fraction of sp³-hybridized carbons (Fsp3) is 0.333. The number of hydrogen-bond acceptors (Lipinski definition) is 4. The van der Waals surface area contributed by atoms with Crippen LogP contribution >= 0.6 is 22.9 Å². The van der Waals surface area contributed by atoms with E-state index in [1.165, 1.54) is 0 Å². The molecule has 6 heteroatoms. The number of thiazole rings is 1. The molecule has 0 aliphatic carbocycles. The molecule has 0 fully saturated rings. The van der Waals surface area contributed by atoms with Gasteiger partial charge in [0.15, 0.2) is 5.13 Å². The Morgan fingerprint density at radius 2 is 2.28 bits per heavy atom. The molecular weight excluding hydrogens is 270 g/mol. The van der Waals surface area contributed by atoms with E-state index in [4.69, 9.17) is 11.6 Å². The second-order valence-electron chi connectivity index (χ2n) is 4.10. The van der Waals surface area contributed by atoms with Gasteiger partial charge in [-0.25, -0.2) is 4.98 Å². The summed E-state index contributed by atoms with van der Waals surface area (Å²) in [7, 11) is 3.50. The number of amides is 1. The third-order valence-electron chi connectivity index (χ3n) is 2.46. The molecule has 0 atom stereocenters. The lowest BCUT2D eigenvalue weighted by Crippen LogP contribution is -2.23. The first-order valence-electron chi connectivity index (χ1n) is 5.56. The highest BCUT2D eigenvalue weighted by Gasteiger charge is 2.06. The van der Waals surface area contributed by atoms with E-state index in [2.05, 4.69) is 10.3 Å². The highest BCUT2D eigenvalue weighted by Crippen LogP contribution is 2.27. The van der Waals surface area contributed by atoms with E-state index < -0.39 is 0 Å². The van der Waals surface area contributed by atoms with Gasteiger partial charge in [0, 0.05) is 32.1 Å². The third-order valence-corrected chi connectivity index (χ3v) is 3.69. The zero-order chi connectivity index (χ0) is 13.1. The first kappa shape index (κ1) is 13.1. The maximum atomic E-state index is 11.4. The van der Waals surface area contributed by atoms with Crippen molar-refractivity contribution in [2.24, 2.45) is 0 Å². The Labute approximate surface area is 115 Å². The second kappa shape index (κ2) is 5.54. The number of carbonyl (C=O) groups is 1. The Morgan fingerprint density at radius 1 is 1.50 bits per heavy atom. The van der Waals surface area contributed by atoms with Gasteiger partial charge in [0.1, 0.15) is 0 Å². The minimum absolute atomic E-state index is 0.103. The summed E-state index contributed by atoms with van der Waals surface area (Å²) in [5.74, 6) is 0.103. The topological polar surface area (TPSA) is 45.2 Å². The van der Waals surface area contributed by atoms with Crippen LogP contribution in [0.1, 0.15) is 6.42 Å². The molecule has 0 spiro atoms. The predicted molar refractivity (Wildman–Crippen MR) is 76.4 cm³/mol. The molecule has 18 heavy (non-hydrogen) atoms. The van der Waals surface area contributed by atoms with Gasteiger partial charge in [-0.05, 0) is 18.2 Å². The van der Waals surface area contributed by atoms with Crippen LogP contribution in [0.4, 0.5) is 5.13 Å². The number of aromatic nitrogens is 1. The largest absolute Gasteiger partial charge is 0.361 e. The molecule has 0 aliphatic heterocycles. The quantitative estimate of drug-likeness (QED) is 0.938. The van der Waals surface area contributed by atoms with Crippen molar-refractivity contribution in [1.82, 2.24) is 9.88 Å². The van der Waals surface area contributed by atoms with Gasteiger partial charge in [0.25, 0.3) is 0 Å². The Balaban J connectivity index is 1.98. The third kappa shape index (κ3) is 3.11. The molecule has 0 aliphatic rings. The van der Waals surface area contributed by atoms with Crippen molar-refractivity contribution in [3.8, 4) is 0 Å². The molecule has 4 nitrogen and oxygen atoms in total. The minimum Gasteiger partial charge on any atom is -0.361 e. The number of carbonyl (C=O) groups excluding carboxylic acids is 1. The summed E-state index contributed by atoms with van der Waals surface area (Å²) in [4.78, 5) is 17.4. The van der Waals surface area contributed by atoms with Crippen LogP contribution in [0, 0.1) is 0 Å². The number of rotatable bonds is 4. The van der Waals surface area contributed by atoms with Gasteiger partial charge in [0.2, 0.25) is 5.91 Å². The van der Waals surface area contributed by atoms with Crippen LogP contribution in [-0.4, -0.2) is 36.4 Å². The van der Waals surface area contributed by atoms with E-state index in [-0.39, 0.29) is 5.91 Å². The second-order valence-corrected chi connectivity index (χ2v) is 5.56. The number of hydrogen-bond donors (Lipinski definition) is 1. The number of fused-ring (bicyclic) bond motifs is 1. The van der Waals surface area contributed by atoms with E-state index in [0.29, 0.717) is 18.0 Å². The maximum Gasteiger partial charge on any atom is 0.223 e. The summed E-state index contributed by atoms with van der Waals surface area (Å²) in [6.07, 6.45) is 0.462. The number of anilines is 1. The molecule has 1 aromatic heterocycles.